The molecule has 0 saturated carbocycles. The highest BCUT2D eigenvalue weighted by Gasteiger charge is 1.99. The third-order valence-corrected chi connectivity index (χ3v) is 3.07. The van der Waals surface area contributed by atoms with Gasteiger partial charge in [-0.25, -0.2) is 0 Å². The first-order chi connectivity index (χ1) is 8.34. The number of rotatable bonds is 9. The predicted molar refractivity (Wildman–Crippen MR) is 70.1 cm³/mol. The lowest BCUT2D eigenvalue weighted by Crippen LogP contribution is -1.87. The smallest absolute Gasteiger partial charge is 0.118 e. The highest BCUT2D eigenvalue weighted by Crippen LogP contribution is 2.18. The van der Waals surface area contributed by atoms with Crippen molar-refractivity contribution < 1.29 is 9.50 Å². The minimum absolute atomic E-state index is 0.173. The molecule has 96 valence electrons. The third-order valence-electron chi connectivity index (χ3n) is 3.07. The third kappa shape index (κ3) is 6.30. The van der Waals surface area contributed by atoms with Gasteiger partial charge in [0, 0.05) is 0 Å². The Kier molecular flexibility index (Phi) is 7.44. The number of aryl methyl sites for hydroxylation is 1. The summed E-state index contributed by atoms with van der Waals surface area (Å²) in [5, 5.41) is 9.57. The minimum atomic E-state index is -0.173. The number of benzene rings is 1. The zero-order valence-corrected chi connectivity index (χ0v) is 10.5. The Labute approximate surface area is 104 Å². The van der Waals surface area contributed by atoms with Gasteiger partial charge < -0.3 is 5.11 Å². The first-order valence-corrected chi connectivity index (χ1v) is 6.67. The molecule has 0 aliphatic rings. The number of phenols is 1. The maximum absolute atomic E-state index is 11.8. The lowest BCUT2D eigenvalue weighted by atomic mass is 10.0. The van der Waals surface area contributed by atoms with Crippen molar-refractivity contribution in [1.29, 1.82) is 0 Å². The summed E-state index contributed by atoms with van der Waals surface area (Å²) in [6.45, 7) is -0.173. The summed E-state index contributed by atoms with van der Waals surface area (Å²) < 4.78 is 11.8. The number of hydrogen-bond donors (Lipinski definition) is 1. The van der Waals surface area contributed by atoms with Crippen LogP contribution in [0.1, 0.15) is 50.5 Å². The summed E-state index contributed by atoms with van der Waals surface area (Å²) in [7, 11) is 0. The molecule has 1 rings (SSSR count). The van der Waals surface area contributed by atoms with Gasteiger partial charge in [0.2, 0.25) is 0 Å². The molecule has 0 spiro atoms. The summed E-state index contributed by atoms with van der Waals surface area (Å²) in [4.78, 5) is 0. The van der Waals surface area contributed by atoms with E-state index < -0.39 is 0 Å². The largest absolute Gasteiger partial charge is 0.508 e. The number of alkyl halides is 1. The lowest BCUT2D eigenvalue weighted by Gasteiger charge is -2.04. The Bertz CT molecular complexity index is 299. The fourth-order valence-corrected chi connectivity index (χ4v) is 2.02. The van der Waals surface area contributed by atoms with Gasteiger partial charge in [-0.2, -0.15) is 0 Å². The number of aromatic hydroxyl groups is 1. The monoisotopic (exact) mass is 238 g/mol. The average Bonchev–Trinajstić information content (AvgIpc) is 2.35. The molecule has 0 aliphatic heterocycles. The number of unbranched alkanes of at least 4 members (excludes halogenated alkanes) is 6. The van der Waals surface area contributed by atoms with E-state index >= 15 is 0 Å². The number of hydrogen-bond acceptors (Lipinski definition) is 1. The molecule has 0 bridgehead atoms. The molecule has 1 aromatic rings. The number of phenolic OH excluding ortho intramolecular Hbond substituents is 1. The van der Waals surface area contributed by atoms with Gasteiger partial charge in [-0.15, -0.1) is 0 Å². The van der Waals surface area contributed by atoms with Crippen molar-refractivity contribution in [1.82, 2.24) is 0 Å². The van der Waals surface area contributed by atoms with Gasteiger partial charge in [0.25, 0.3) is 0 Å². The van der Waals surface area contributed by atoms with E-state index in [1.807, 2.05) is 18.2 Å². The van der Waals surface area contributed by atoms with E-state index in [0.29, 0.717) is 5.75 Å². The Morgan fingerprint density at radius 3 is 2.06 bits per heavy atom. The van der Waals surface area contributed by atoms with Crippen LogP contribution in [0.5, 0.6) is 5.75 Å². The fourth-order valence-electron chi connectivity index (χ4n) is 2.02. The second-order valence-electron chi connectivity index (χ2n) is 4.54. The van der Waals surface area contributed by atoms with E-state index in [0.717, 1.165) is 37.7 Å². The summed E-state index contributed by atoms with van der Waals surface area (Å²) in [6.07, 6.45) is 8.61. The van der Waals surface area contributed by atoms with Crippen molar-refractivity contribution in [2.45, 2.75) is 51.4 Å². The first-order valence-electron chi connectivity index (χ1n) is 6.67. The molecule has 1 nitrogen and oxygen atoms in total. The molecule has 2 heteroatoms. The highest BCUT2D eigenvalue weighted by atomic mass is 19.1. The molecule has 0 fully saturated rings. The van der Waals surface area contributed by atoms with Gasteiger partial charge in [-0.05, 0) is 30.9 Å². The van der Waals surface area contributed by atoms with E-state index in [4.69, 9.17) is 0 Å². The lowest BCUT2D eigenvalue weighted by molar-refractivity contribution is 0.449. The van der Waals surface area contributed by atoms with Crippen LogP contribution in [0.25, 0.3) is 0 Å². The van der Waals surface area contributed by atoms with Crippen LogP contribution in [0.15, 0.2) is 24.3 Å². The second-order valence-corrected chi connectivity index (χ2v) is 4.54. The van der Waals surface area contributed by atoms with Crippen LogP contribution < -0.4 is 0 Å². The van der Waals surface area contributed by atoms with Gasteiger partial charge in [-0.1, -0.05) is 50.3 Å². The van der Waals surface area contributed by atoms with Crippen LogP contribution in [0.4, 0.5) is 4.39 Å². The Morgan fingerprint density at radius 1 is 0.824 bits per heavy atom. The Balaban J connectivity index is 1.99. The Morgan fingerprint density at radius 2 is 1.41 bits per heavy atom. The molecular weight excluding hydrogens is 215 g/mol. The van der Waals surface area contributed by atoms with Crippen LogP contribution in [-0.2, 0) is 6.42 Å². The van der Waals surface area contributed by atoms with Crippen molar-refractivity contribution in [2.24, 2.45) is 0 Å². The van der Waals surface area contributed by atoms with Crippen LogP contribution in [0, 0.1) is 0 Å². The van der Waals surface area contributed by atoms with E-state index in [1.54, 1.807) is 6.07 Å². The average molecular weight is 238 g/mol. The minimum Gasteiger partial charge on any atom is -0.508 e. The molecule has 0 unspecified atom stereocenters. The molecule has 0 saturated heterocycles. The molecule has 17 heavy (non-hydrogen) atoms. The van der Waals surface area contributed by atoms with Crippen LogP contribution in [-0.4, -0.2) is 11.8 Å². The maximum atomic E-state index is 11.8. The van der Waals surface area contributed by atoms with Gasteiger partial charge >= 0.3 is 0 Å². The molecule has 0 heterocycles. The van der Waals surface area contributed by atoms with E-state index in [1.165, 1.54) is 19.3 Å². The van der Waals surface area contributed by atoms with Crippen molar-refractivity contribution in [2.75, 3.05) is 6.67 Å². The molecule has 0 aromatic heterocycles. The standard InChI is InChI=1S/C15H23FO/c16-13-9-5-3-1-2-4-6-10-14-11-7-8-12-15(14)17/h7-8,11-12,17H,1-6,9-10,13H2. The quantitative estimate of drug-likeness (QED) is 0.622. The molecule has 0 atom stereocenters. The van der Waals surface area contributed by atoms with Gasteiger partial charge in [-0.3, -0.25) is 4.39 Å². The van der Waals surface area contributed by atoms with Crippen LogP contribution in [0.2, 0.25) is 0 Å². The zero-order valence-electron chi connectivity index (χ0n) is 10.5. The predicted octanol–water partition coefficient (Wildman–Crippen LogP) is 4.63. The molecule has 0 radical (unpaired) electrons. The second kappa shape index (κ2) is 9.03. The first kappa shape index (κ1) is 14.0. The summed E-state index contributed by atoms with van der Waals surface area (Å²) in [6, 6.07) is 7.54. The SMILES string of the molecule is Oc1ccccc1CCCCCCCCCF. The highest BCUT2D eigenvalue weighted by molar-refractivity contribution is 5.31. The normalized spacial score (nSPS) is 10.6. The molecule has 1 aromatic carbocycles. The molecule has 0 amide bonds. The summed E-state index contributed by atoms with van der Waals surface area (Å²) in [5.41, 5.74) is 1.05. The van der Waals surface area contributed by atoms with E-state index in [2.05, 4.69) is 0 Å². The summed E-state index contributed by atoms with van der Waals surface area (Å²) >= 11 is 0. The van der Waals surface area contributed by atoms with Gasteiger partial charge in [0.1, 0.15) is 5.75 Å². The zero-order chi connectivity index (χ0) is 12.3. The van der Waals surface area contributed by atoms with Crippen molar-refractivity contribution in [3.8, 4) is 5.75 Å². The van der Waals surface area contributed by atoms with Crippen molar-refractivity contribution in [3.63, 3.8) is 0 Å². The maximum Gasteiger partial charge on any atom is 0.118 e. The number of para-hydroxylation sites is 1. The van der Waals surface area contributed by atoms with Gasteiger partial charge in [0.15, 0.2) is 0 Å². The molecular formula is C15H23FO. The van der Waals surface area contributed by atoms with Crippen LogP contribution in [0.3, 0.4) is 0 Å². The number of halogens is 1. The van der Waals surface area contributed by atoms with Crippen LogP contribution >= 0.6 is 0 Å². The Hall–Kier alpha value is -1.05. The van der Waals surface area contributed by atoms with Crippen molar-refractivity contribution in [3.05, 3.63) is 29.8 Å². The molecule has 1 N–H and O–H groups in total. The van der Waals surface area contributed by atoms with Gasteiger partial charge in [0.05, 0.1) is 6.67 Å². The summed E-state index contributed by atoms with van der Waals surface area (Å²) in [5.74, 6) is 0.412. The van der Waals surface area contributed by atoms with E-state index in [9.17, 15) is 9.50 Å². The van der Waals surface area contributed by atoms with Crippen molar-refractivity contribution >= 4 is 0 Å². The molecule has 0 aliphatic carbocycles. The fraction of sp³-hybridized carbons (Fsp3) is 0.600. The van der Waals surface area contributed by atoms with E-state index in [-0.39, 0.29) is 6.67 Å². The topological polar surface area (TPSA) is 20.2 Å².